The summed E-state index contributed by atoms with van der Waals surface area (Å²) in [6.07, 6.45) is 0.815. The van der Waals surface area contributed by atoms with E-state index < -0.39 is 5.25 Å². The Morgan fingerprint density at radius 3 is 2.70 bits per heavy atom. The van der Waals surface area contributed by atoms with Gasteiger partial charge in [-0.3, -0.25) is 9.59 Å². The van der Waals surface area contributed by atoms with Crippen molar-refractivity contribution in [2.45, 2.75) is 23.0 Å². The average Bonchev–Trinajstić information content (AvgIpc) is 2.68. The second kappa shape index (κ2) is 8.81. The highest BCUT2D eigenvalue weighted by Gasteiger charge is 2.28. The van der Waals surface area contributed by atoms with Gasteiger partial charge in [0.15, 0.2) is 11.5 Å². The maximum absolute atomic E-state index is 12.2. The zero-order chi connectivity index (χ0) is 19.2. The Morgan fingerprint density at radius 1 is 1.15 bits per heavy atom. The molecule has 27 heavy (non-hydrogen) atoms. The predicted octanol–water partition coefficient (Wildman–Crippen LogP) is 2.87. The van der Waals surface area contributed by atoms with Crippen LogP contribution in [0.3, 0.4) is 0 Å². The second-order valence-corrected chi connectivity index (χ2v) is 7.33. The third kappa shape index (κ3) is 4.74. The van der Waals surface area contributed by atoms with E-state index in [1.54, 1.807) is 14.2 Å². The molecular weight excluding hydrogens is 364 g/mol. The molecule has 0 aromatic heterocycles. The van der Waals surface area contributed by atoms with Crippen LogP contribution in [0, 0.1) is 0 Å². The van der Waals surface area contributed by atoms with Gasteiger partial charge in [-0.25, -0.2) is 0 Å². The molecule has 6 nitrogen and oxygen atoms in total. The average molecular weight is 386 g/mol. The minimum atomic E-state index is -0.416. The molecule has 0 saturated carbocycles. The van der Waals surface area contributed by atoms with Crippen molar-refractivity contribution in [1.29, 1.82) is 0 Å². The fourth-order valence-corrected chi connectivity index (χ4v) is 3.96. The first-order valence-corrected chi connectivity index (χ1v) is 9.53. The smallest absolute Gasteiger partial charge is 0.238 e. The third-order valence-corrected chi connectivity index (χ3v) is 5.54. The molecule has 0 spiro atoms. The fourth-order valence-electron chi connectivity index (χ4n) is 2.85. The Bertz CT molecular complexity index is 840. The number of hydrogen-bond donors (Lipinski definition) is 2. The van der Waals surface area contributed by atoms with Gasteiger partial charge in [0.05, 0.1) is 25.2 Å². The van der Waals surface area contributed by atoms with Crippen molar-refractivity contribution in [3.63, 3.8) is 0 Å². The van der Waals surface area contributed by atoms with E-state index in [1.165, 1.54) is 11.8 Å². The molecule has 2 aromatic carbocycles. The summed E-state index contributed by atoms with van der Waals surface area (Å²) in [5, 5.41) is 5.32. The number of amides is 2. The predicted molar refractivity (Wildman–Crippen MR) is 106 cm³/mol. The maximum atomic E-state index is 12.2. The second-order valence-electron chi connectivity index (χ2n) is 6.09. The normalized spacial score (nSPS) is 15.5. The lowest BCUT2D eigenvalue weighted by Crippen LogP contribution is -2.35. The summed E-state index contributed by atoms with van der Waals surface area (Å²) in [6, 6.07) is 13.3. The lowest BCUT2D eigenvalue weighted by atomic mass is 10.1. The highest BCUT2D eigenvalue weighted by molar-refractivity contribution is 8.01. The lowest BCUT2D eigenvalue weighted by molar-refractivity contribution is -0.124. The SMILES string of the molecule is COc1ccc(CCNC(=O)C[C@@H]2Sc3ccccc3NC2=O)cc1OC. The number of methoxy groups -OCH3 is 2. The number of rotatable bonds is 7. The first kappa shape index (κ1) is 19.1. The molecule has 1 aliphatic rings. The van der Waals surface area contributed by atoms with Gasteiger partial charge in [0, 0.05) is 17.9 Å². The van der Waals surface area contributed by atoms with E-state index in [9.17, 15) is 9.59 Å². The Balaban J connectivity index is 1.50. The number of carbonyl (C=O) groups is 2. The fraction of sp³-hybridized carbons (Fsp3) is 0.300. The van der Waals surface area contributed by atoms with Crippen LogP contribution in [0.2, 0.25) is 0 Å². The van der Waals surface area contributed by atoms with E-state index in [2.05, 4.69) is 10.6 Å². The van der Waals surface area contributed by atoms with E-state index in [0.29, 0.717) is 24.5 Å². The highest BCUT2D eigenvalue weighted by atomic mass is 32.2. The standard InChI is InChI=1S/C20H22N2O4S/c1-25-15-8-7-13(11-16(15)26-2)9-10-21-19(23)12-18-20(24)22-14-5-3-4-6-17(14)27-18/h3-8,11,18H,9-10,12H2,1-2H3,(H,21,23)(H,22,24)/t18-/m0/s1. The minimum absolute atomic E-state index is 0.131. The van der Waals surface area contributed by atoms with Crippen molar-refractivity contribution >= 4 is 29.3 Å². The molecule has 1 heterocycles. The maximum Gasteiger partial charge on any atom is 0.238 e. The van der Waals surface area contributed by atoms with Crippen LogP contribution < -0.4 is 20.1 Å². The minimum Gasteiger partial charge on any atom is -0.493 e. The first-order valence-electron chi connectivity index (χ1n) is 8.65. The highest BCUT2D eigenvalue weighted by Crippen LogP contribution is 2.36. The van der Waals surface area contributed by atoms with Gasteiger partial charge in [-0.1, -0.05) is 18.2 Å². The van der Waals surface area contributed by atoms with Gasteiger partial charge in [-0.05, 0) is 36.2 Å². The molecule has 0 aliphatic carbocycles. The summed E-state index contributed by atoms with van der Waals surface area (Å²) in [7, 11) is 3.18. The molecule has 0 unspecified atom stereocenters. The molecular formula is C20H22N2O4S. The van der Waals surface area contributed by atoms with Crippen molar-refractivity contribution in [3.8, 4) is 11.5 Å². The molecule has 2 amide bonds. The van der Waals surface area contributed by atoms with Crippen molar-refractivity contribution < 1.29 is 19.1 Å². The molecule has 142 valence electrons. The summed E-state index contributed by atoms with van der Waals surface area (Å²) in [5.74, 6) is 1.07. The van der Waals surface area contributed by atoms with Gasteiger partial charge in [0.2, 0.25) is 11.8 Å². The summed E-state index contributed by atoms with van der Waals surface area (Å²) in [5.41, 5.74) is 1.84. The number of fused-ring (bicyclic) bond motifs is 1. The number of benzene rings is 2. The van der Waals surface area contributed by atoms with Gasteiger partial charge < -0.3 is 20.1 Å². The van der Waals surface area contributed by atoms with Crippen LogP contribution in [-0.2, 0) is 16.0 Å². The number of ether oxygens (including phenoxy) is 2. The topological polar surface area (TPSA) is 76.7 Å². The molecule has 3 rings (SSSR count). The number of hydrogen-bond acceptors (Lipinski definition) is 5. The van der Waals surface area contributed by atoms with Gasteiger partial charge in [0.25, 0.3) is 0 Å². The monoisotopic (exact) mass is 386 g/mol. The van der Waals surface area contributed by atoms with E-state index >= 15 is 0 Å². The molecule has 1 aliphatic heterocycles. The lowest BCUT2D eigenvalue weighted by Gasteiger charge is -2.23. The Labute approximate surface area is 162 Å². The Hall–Kier alpha value is -2.67. The summed E-state index contributed by atoms with van der Waals surface area (Å²) in [4.78, 5) is 25.4. The number of thioether (sulfide) groups is 1. The van der Waals surface area contributed by atoms with Crippen molar-refractivity contribution in [1.82, 2.24) is 5.32 Å². The Morgan fingerprint density at radius 2 is 1.93 bits per heavy atom. The number of anilines is 1. The summed E-state index contributed by atoms with van der Waals surface area (Å²) in [6.45, 7) is 0.490. The van der Waals surface area contributed by atoms with Crippen molar-refractivity contribution in [2.75, 3.05) is 26.1 Å². The van der Waals surface area contributed by atoms with Crippen LogP contribution in [0.4, 0.5) is 5.69 Å². The molecule has 0 saturated heterocycles. The van der Waals surface area contributed by atoms with Crippen LogP contribution in [0.25, 0.3) is 0 Å². The van der Waals surface area contributed by atoms with E-state index in [1.807, 2.05) is 42.5 Å². The molecule has 2 aromatic rings. The van der Waals surface area contributed by atoms with Crippen molar-refractivity contribution in [3.05, 3.63) is 48.0 Å². The quantitative estimate of drug-likeness (QED) is 0.765. The summed E-state index contributed by atoms with van der Waals surface area (Å²) >= 11 is 1.43. The number of carbonyl (C=O) groups excluding carboxylic acids is 2. The first-order chi connectivity index (χ1) is 13.1. The van der Waals surface area contributed by atoms with E-state index in [4.69, 9.17) is 9.47 Å². The van der Waals surface area contributed by atoms with Crippen molar-refractivity contribution in [2.24, 2.45) is 0 Å². The van der Waals surface area contributed by atoms with Crippen LogP contribution >= 0.6 is 11.8 Å². The zero-order valence-electron chi connectivity index (χ0n) is 15.3. The van der Waals surface area contributed by atoms with Crippen LogP contribution in [0.5, 0.6) is 11.5 Å². The van der Waals surface area contributed by atoms with E-state index in [-0.39, 0.29) is 18.2 Å². The van der Waals surface area contributed by atoms with Crippen LogP contribution in [-0.4, -0.2) is 37.8 Å². The van der Waals surface area contributed by atoms with Gasteiger partial charge in [0.1, 0.15) is 0 Å². The molecule has 0 fully saturated rings. The molecule has 0 bridgehead atoms. The third-order valence-electron chi connectivity index (χ3n) is 4.26. The Kier molecular flexibility index (Phi) is 6.24. The van der Waals surface area contributed by atoms with Gasteiger partial charge >= 0.3 is 0 Å². The molecule has 2 N–H and O–H groups in total. The van der Waals surface area contributed by atoms with E-state index in [0.717, 1.165) is 16.1 Å². The molecule has 7 heteroatoms. The van der Waals surface area contributed by atoms with Gasteiger partial charge in [-0.2, -0.15) is 0 Å². The zero-order valence-corrected chi connectivity index (χ0v) is 16.1. The number of nitrogens with one attached hydrogen (secondary N) is 2. The van der Waals surface area contributed by atoms with Gasteiger partial charge in [-0.15, -0.1) is 11.8 Å². The number of para-hydroxylation sites is 1. The van der Waals surface area contributed by atoms with Crippen LogP contribution in [0.15, 0.2) is 47.4 Å². The molecule has 1 atom stereocenters. The largest absolute Gasteiger partial charge is 0.493 e. The summed E-state index contributed by atoms with van der Waals surface area (Å²) < 4.78 is 10.5. The van der Waals surface area contributed by atoms with Crippen LogP contribution in [0.1, 0.15) is 12.0 Å². The molecule has 0 radical (unpaired) electrons.